The lowest BCUT2D eigenvalue weighted by atomic mass is 10.2. The molecule has 0 radical (unpaired) electrons. The first kappa shape index (κ1) is 9.80. The summed E-state index contributed by atoms with van der Waals surface area (Å²) >= 11 is 1.64. The minimum atomic E-state index is -0.211. The number of hydrogen-bond acceptors (Lipinski definition) is 3. The van der Waals surface area contributed by atoms with E-state index in [9.17, 15) is 4.39 Å². The highest BCUT2D eigenvalue weighted by Crippen LogP contribution is 2.35. The van der Waals surface area contributed by atoms with E-state index in [0.717, 1.165) is 10.6 Å². The molecule has 0 fully saturated rings. The molecule has 1 unspecified atom stereocenters. The lowest BCUT2D eigenvalue weighted by Gasteiger charge is -2.26. The Morgan fingerprint density at radius 3 is 3.21 bits per heavy atom. The molecule has 1 heterocycles. The fraction of sp³-hybridized carbons (Fsp3) is 0.400. The van der Waals surface area contributed by atoms with Gasteiger partial charge in [0.2, 0.25) is 0 Å². The highest BCUT2D eigenvalue weighted by molar-refractivity contribution is 7.99. The maximum absolute atomic E-state index is 13.3. The molecule has 2 nitrogen and oxygen atoms in total. The average Bonchev–Trinajstić information content (AvgIpc) is 2.20. The summed E-state index contributed by atoms with van der Waals surface area (Å²) in [7, 11) is 0. The largest absolute Gasteiger partial charge is 0.396 e. The summed E-state index contributed by atoms with van der Waals surface area (Å²) in [6.07, 6.45) is 0.667. The van der Waals surface area contributed by atoms with Gasteiger partial charge in [0.15, 0.2) is 0 Å². The smallest absolute Gasteiger partial charge is 0.147 e. The van der Waals surface area contributed by atoms with E-state index in [4.69, 9.17) is 5.11 Å². The predicted molar refractivity (Wildman–Crippen MR) is 56.2 cm³/mol. The zero-order valence-corrected chi connectivity index (χ0v) is 8.48. The van der Waals surface area contributed by atoms with Gasteiger partial charge in [0.05, 0.1) is 5.69 Å². The van der Waals surface area contributed by atoms with Gasteiger partial charge in [0.1, 0.15) is 5.82 Å². The van der Waals surface area contributed by atoms with Crippen LogP contribution in [0.1, 0.15) is 6.42 Å². The second-order valence-corrected chi connectivity index (χ2v) is 4.34. The lowest BCUT2D eigenvalue weighted by Crippen LogP contribution is -2.27. The Morgan fingerprint density at radius 2 is 2.43 bits per heavy atom. The van der Waals surface area contributed by atoms with E-state index in [1.807, 2.05) is 6.07 Å². The summed E-state index contributed by atoms with van der Waals surface area (Å²) in [4.78, 5) is 0.958. The number of benzene rings is 1. The van der Waals surface area contributed by atoms with E-state index in [2.05, 4.69) is 5.32 Å². The van der Waals surface area contributed by atoms with Crippen molar-refractivity contribution in [3.05, 3.63) is 24.0 Å². The number of hydrogen-bond donors (Lipinski definition) is 2. The lowest BCUT2D eigenvalue weighted by molar-refractivity contribution is 0.282. The second-order valence-electron chi connectivity index (χ2n) is 3.28. The Hall–Kier alpha value is -0.740. The molecule has 0 saturated heterocycles. The third kappa shape index (κ3) is 1.86. The normalized spacial score (nSPS) is 20.0. The molecule has 14 heavy (non-hydrogen) atoms. The molecular formula is C10H12FNOS. The van der Waals surface area contributed by atoms with E-state index >= 15 is 0 Å². The first-order valence-corrected chi connectivity index (χ1v) is 5.58. The van der Waals surface area contributed by atoms with Crippen molar-refractivity contribution in [1.29, 1.82) is 0 Å². The molecule has 1 aliphatic heterocycles. The summed E-state index contributed by atoms with van der Waals surface area (Å²) in [6, 6.07) is 5.25. The van der Waals surface area contributed by atoms with Crippen molar-refractivity contribution >= 4 is 17.4 Å². The molecule has 1 atom stereocenters. The Morgan fingerprint density at radius 1 is 1.57 bits per heavy atom. The van der Waals surface area contributed by atoms with Gasteiger partial charge in [-0.15, -0.1) is 11.8 Å². The SMILES string of the molecule is OCCC1CSc2cccc(F)c2N1. The molecule has 1 aromatic rings. The van der Waals surface area contributed by atoms with Crippen LogP contribution in [0.4, 0.5) is 10.1 Å². The van der Waals surface area contributed by atoms with Crippen LogP contribution in [0, 0.1) is 5.82 Å². The van der Waals surface area contributed by atoms with Gasteiger partial charge in [0.25, 0.3) is 0 Å². The fourth-order valence-corrected chi connectivity index (χ4v) is 2.62. The first-order chi connectivity index (χ1) is 6.81. The maximum Gasteiger partial charge on any atom is 0.147 e. The number of halogens is 1. The van der Waals surface area contributed by atoms with E-state index in [1.165, 1.54) is 6.07 Å². The highest BCUT2D eigenvalue weighted by atomic mass is 32.2. The molecule has 0 amide bonds. The average molecular weight is 213 g/mol. The van der Waals surface area contributed by atoms with Crippen molar-refractivity contribution in [3.63, 3.8) is 0 Å². The molecule has 0 saturated carbocycles. The first-order valence-electron chi connectivity index (χ1n) is 4.60. The molecule has 4 heteroatoms. The fourth-order valence-electron chi connectivity index (χ4n) is 1.51. The zero-order valence-electron chi connectivity index (χ0n) is 7.66. The number of nitrogens with one attached hydrogen (secondary N) is 1. The summed E-state index contributed by atoms with van der Waals surface area (Å²) in [5.74, 6) is 0.675. The third-order valence-electron chi connectivity index (χ3n) is 2.24. The Balaban J connectivity index is 2.20. The molecule has 0 bridgehead atoms. The molecule has 76 valence electrons. The van der Waals surface area contributed by atoms with Gasteiger partial charge in [-0.1, -0.05) is 6.07 Å². The number of aliphatic hydroxyl groups is 1. The molecule has 1 aromatic carbocycles. The van der Waals surface area contributed by atoms with E-state index in [1.54, 1.807) is 17.8 Å². The van der Waals surface area contributed by atoms with E-state index in [0.29, 0.717) is 12.1 Å². The van der Waals surface area contributed by atoms with Crippen LogP contribution in [0.2, 0.25) is 0 Å². The topological polar surface area (TPSA) is 32.3 Å². The number of anilines is 1. The second kappa shape index (κ2) is 4.19. The minimum Gasteiger partial charge on any atom is -0.396 e. The van der Waals surface area contributed by atoms with Crippen LogP contribution < -0.4 is 5.32 Å². The Bertz CT molecular complexity index is 332. The van der Waals surface area contributed by atoms with Crippen LogP contribution in [0.15, 0.2) is 23.1 Å². The van der Waals surface area contributed by atoms with Crippen molar-refractivity contribution in [2.24, 2.45) is 0 Å². The van der Waals surface area contributed by atoms with Gasteiger partial charge >= 0.3 is 0 Å². The molecule has 0 aliphatic carbocycles. The third-order valence-corrected chi connectivity index (χ3v) is 3.46. The number of thioether (sulfide) groups is 1. The molecular weight excluding hydrogens is 201 g/mol. The van der Waals surface area contributed by atoms with Gasteiger partial charge in [0, 0.05) is 23.3 Å². The van der Waals surface area contributed by atoms with Crippen LogP contribution in [0.5, 0.6) is 0 Å². The number of para-hydroxylation sites is 1. The molecule has 2 N–H and O–H groups in total. The van der Waals surface area contributed by atoms with Gasteiger partial charge in [-0.2, -0.15) is 0 Å². The van der Waals surface area contributed by atoms with Crippen LogP contribution in [0.25, 0.3) is 0 Å². The van der Waals surface area contributed by atoms with Crippen molar-refractivity contribution in [1.82, 2.24) is 0 Å². The van der Waals surface area contributed by atoms with Crippen LogP contribution in [-0.4, -0.2) is 23.5 Å². The highest BCUT2D eigenvalue weighted by Gasteiger charge is 2.19. The Kier molecular flexibility index (Phi) is 2.93. The minimum absolute atomic E-state index is 0.141. The zero-order chi connectivity index (χ0) is 9.97. The van der Waals surface area contributed by atoms with E-state index < -0.39 is 0 Å². The van der Waals surface area contributed by atoms with Crippen molar-refractivity contribution in [2.45, 2.75) is 17.4 Å². The summed E-state index contributed by atoms with van der Waals surface area (Å²) in [5, 5.41) is 11.9. The molecule has 2 rings (SSSR count). The monoisotopic (exact) mass is 213 g/mol. The van der Waals surface area contributed by atoms with Gasteiger partial charge < -0.3 is 10.4 Å². The van der Waals surface area contributed by atoms with Crippen molar-refractivity contribution in [2.75, 3.05) is 17.7 Å². The Labute approximate surface area is 86.5 Å². The van der Waals surface area contributed by atoms with Crippen LogP contribution in [-0.2, 0) is 0 Å². The maximum atomic E-state index is 13.3. The molecule has 0 aromatic heterocycles. The van der Waals surface area contributed by atoms with Crippen LogP contribution in [0.3, 0.4) is 0 Å². The van der Waals surface area contributed by atoms with Crippen LogP contribution >= 0.6 is 11.8 Å². The van der Waals surface area contributed by atoms with Gasteiger partial charge in [-0.05, 0) is 18.6 Å². The van der Waals surface area contributed by atoms with E-state index in [-0.39, 0.29) is 18.5 Å². The van der Waals surface area contributed by atoms with Crippen molar-refractivity contribution in [3.8, 4) is 0 Å². The summed E-state index contributed by atoms with van der Waals surface area (Å²) in [6.45, 7) is 0.141. The van der Waals surface area contributed by atoms with Gasteiger partial charge in [-0.25, -0.2) is 4.39 Å². The summed E-state index contributed by atoms with van der Waals surface area (Å²) in [5.41, 5.74) is 0.585. The van der Waals surface area contributed by atoms with Crippen molar-refractivity contribution < 1.29 is 9.50 Å². The van der Waals surface area contributed by atoms with Gasteiger partial charge in [-0.3, -0.25) is 0 Å². The summed E-state index contributed by atoms with van der Waals surface area (Å²) < 4.78 is 13.3. The standard InChI is InChI=1S/C10H12FNOS/c11-8-2-1-3-9-10(8)12-7(4-5-13)6-14-9/h1-3,7,12-13H,4-6H2. The number of fused-ring (bicyclic) bond motifs is 1. The quantitative estimate of drug-likeness (QED) is 0.789. The molecule has 1 aliphatic rings. The number of aliphatic hydroxyl groups excluding tert-OH is 1. The molecule has 0 spiro atoms. The number of rotatable bonds is 2. The predicted octanol–water partition coefficient (Wildman–Crippen LogP) is 2.09.